The van der Waals surface area contributed by atoms with Crippen LogP contribution in [-0.2, 0) is 40.0 Å². The molecule has 0 atom stereocenters. The van der Waals surface area contributed by atoms with Crippen molar-refractivity contribution in [1.29, 1.82) is 0 Å². The molecule has 2 aliphatic carbocycles. The lowest BCUT2D eigenvalue weighted by molar-refractivity contribution is -0.210. The Morgan fingerprint density at radius 3 is 1.29 bits per heavy atom. The molecule has 2 aliphatic rings. The molecule has 4 aromatic rings. The van der Waals surface area contributed by atoms with Gasteiger partial charge in [0.25, 0.3) is 11.6 Å². The van der Waals surface area contributed by atoms with Gasteiger partial charge in [0, 0.05) is 75.1 Å². The second kappa shape index (κ2) is 8.81. The summed E-state index contributed by atoms with van der Waals surface area (Å²) in [4.78, 5) is 19.2. The van der Waals surface area contributed by atoms with Crippen molar-refractivity contribution in [1.82, 2.24) is 19.9 Å². The molecule has 38 heavy (non-hydrogen) atoms. The third-order valence-electron chi connectivity index (χ3n) is 7.32. The Hall–Kier alpha value is -3.96. The molecule has 0 bridgehead atoms. The number of rotatable bonds is 7. The molecule has 0 saturated heterocycles. The lowest BCUT2D eigenvalue weighted by atomic mass is 9.89. The average molecular weight is 515 g/mol. The normalized spacial score (nSPS) is 16.8. The summed E-state index contributed by atoms with van der Waals surface area (Å²) in [6, 6.07) is 3.81. The van der Waals surface area contributed by atoms with E-state index in [1.165, 1.54) is 0 Å². The number of methoxy groups -OCH3 is 6. The molecule has 194 valence electrons. The van der Waals surface area contributed by atoms with Crippen LogP contribution in [0.1, 0.15) is 22.5 Å². The Morgan fingerprint density at radius 1 is 0.553 bits per heavy atom. The summed E-state index contributed by atoms with van der Waals surface area (Å²) in [6.45, 7) is 0. The average Bonchev–Trinajstić information content (AvgIpc) is 2.97. The molecule has 0 aliphatic heterocycles. The SMILES string of the molecule is COC1=Cc2ccnc3c(-c4cnc5c6c(ccnc46)C=C(OC)C5(OC)OC)cnc(c23)C1(OC)OC. The fourth-order valence-electron chi connectivity index (χ4n) is 5.55. The van der Waals surface area contributed by atoms with E-state index in [-0.39, 0.29) is 0 Å². The summed E-state index contributed by atoms with van der Waals surface area (Å²) < 4.78 is 34.6. The van der Waals surface area contributed by atoms with E-state index in [0.29, 0.717) is 33.9 Å². The minimum Gasteiger partial charge on any atom is -0.495 e. The Kier molecular flexibility index (Phi) is 5.65. The van der Waals surface area contributed by atoms with Gasteiger partial charge in [-0.25, -0.2) is 0 Å². The quantitative estimate of drug-likeness (QED) is 0.334. The van der Waals surface area contributed by atoms with Gasteiger partial charge in [-0.2, -0.15) is 0 Å². The van der Waals surface area contributed by atoms with Crippen LogP contribution >= 0.6 is 0 Å². The van der Waals surface area contributed by atoms with E-state index in [0.717, 1.165) is 33.0 Å². The summed E-state index contributed by atoms with van der Waals surface area (Å²) in [6.07, 6.45) is 10.8. The van der Waals surface area contributed by atoms with Gasteiger partial charge in [-0.1, -0.05) is 0 Å². The Bertz CT molecular complexity index is 1530. The summed E-state index contributed by atoms with van der Waals surface area (Å²) in [5.74, 6) is -1.64. The lowest BCUT2D eigenvalue weighted by Gasteiger charge is -2.35. The van der Waals surface area contributed by atoms with Crippen LogP contribution in [0, 0.1) is 0 Å². The maximum atomic E-state index is 5.84. The molecule has 4 heterocycles. The molecular formula is C28H26N4O6. The predicted octanol–water partition coefficient (Wildman–Crippen LogP) is 4.13. The molecule has 0 fully saturated rings. The molecule has 6 rings (SSSR count). The zero-order chi connectivity index (χ0) is 26.7. The third-order valence-corrected chi connectivity index (χ3v) is 7.32. The number of nitrogens with zero attached hydrogens (tertiary/aromatic N) is 4. The van der Waals surface area contributed by atoms with Crippen LogP contribution in [0.4, 0.5) is 0 Å². The first kappa shape index (κ1) is 24.4. The fraction of sp³-hybridized carbons (Fsp3) is 0.286. The molecule has 0 aromatic carbocycles. The second-order valence-corrected chi connectivity index (χ2v) is 8.76. The maximum absolute atomic E-state index is 5.84. The van der Waals surface area contributed by atoms with Crippen LogP contribution in [-0.4, -0.2) is 62.6 Å². The van der Waals surface area contributed by atoms with Gasteiger partial charge >= 0.3 is 0 Å². The molecule has 10 nitrogen and oxygen atoms in total. The highest BCUT2D eigenvalue weighted by molar-refractivity contribution is 6.07. The molecule has 0 N–H and O–H groups in total. The van der Waals surface area contributed by atoms with Crippen LogP contribution in [0.3, 0.4) is 0 Å². The standard InChI is InChI=1S/C28H26N4O6/c1-33-19-11-15-7-9-29-23-17(13-31-25(21(15)23)27(19,35-3)36-4)18-14-32-26-22-16(8-10-30-24(18)22)12-20(34-2)28(26,37-5)38-6/h7-14H,1-6H3. The maximum Gasteiger partial charge on any atom is 0.272 e. The van der Waals surface area contributed by atoms with Crippen molar-refractivity contribution >= 4 is 34.0 Å². The largest absolute Gasteiger partial charge is 0.495 e. The molecule has 0 amide bonds. The van der Waals surface area contributed by atoms with Gasteiger partial charge in [-0.05, 0) is 35.4 Å². The molecule has 4 aromatic heterocycles. The van der Waals surface area contributed by atoms with Crippen molar-refractivity contribution in [2.45, 2.75) is 11.6 Å². The Balaban J connectivity index is 1.68. The van der Waals surface area contributed by atoms with E-state index in [2.05, 4.69) is 0 Å². The van der Waals surface area contributed by atoms with Gasteiger partial charge in [0.15, 0.2) is 11.5 Å². The molecule has 0 saturated carbocycles. The van der Waals surface area contributed by atoms with Crippen LogP contribution < -0.4 is 0 Å². The number of hydrogen-bond donors (Lipinski definition) is 0. The molecular weight excluding hydrogens is 488 g/mol. The highest BCUT2D eigenvalue weighted by Crippen LogP contribution is 2.48. The predicted molar refractivity (Wildman–Crippen MR) is 139 cm³/mol. The van der Waals surface area contributed by atoms with Crippen molar-refractivity contribution in [3.63, 3.8) is 0 Å². The molecule has 10 heteroatoms. The smallest absolute Gasteiger partial charge is 0.272 e. The van der Waals surface area contributed by atoms with E-state index in [4.69, 9.17) is 48.4 Å². The Morgan fingerprint density at radius 2 is 0.947 bits per heavy atom. The highest BCUT2D eigenvalue weighted by atomic mass is 16.7. The van der Waals surface area contributed by atoms with Gasteiger partial charge in [-0.15, -0.1) is 0 Å². The van der Waals surface area contributed by atoms with Crippen molar-refractivity contribution in [3.05, 3.63) is 71.0 Å². The Labute approximate surface area is 218 Å². The molecule has 0 unspecified atom stereocenters. The minimum absolute atomic E-state index is 0.490. The summed E-state index contributed by atoms with van der Waals surface area (Å²) in [5, 5.41) is 1.58. The first-order chi connectivity index (χ1) is 18.5. The molecule has 0 radical (unpaired) electrons. The van der Waals surface area contributed by atoms with Crippen LogP contribution in [0.5, 0.6) is 0 Å². The van der Waals surface area contributed by atoms with Gasteiger partial charge < -0.3 is 28.4 Å². The summed E-state index contributed by atoms with van der Waals surface area (Å²) in [7, 11) is 9.37. The van der Waals surface area contributed by atoms with E-state index >= 15 is 0 Å². The third kappa shape index (κ3) is 2.96. The number of hydrogen-bond acceptors (Lipinski definition) is 10. The van der Waals surface area contributed by atoms with Crippen molar-refractivity contribution in [2.75, 3.05) is 42.7 Å². The summed E-state index contributed by atoms with van der Waals surface area (Å²) in [5.41, 5.74) is 5.80. The van der Waals surface area contributed by atoms with Crippen molar-refractivity contribution < 1.29 is 28.4 Å². The first-order valence-electron chi connectivity index (χ1n) is 11.8. The number of aromatic nitrogens is 4. The highest BCUT2D eigenvalue weighted by Gasteiger charge is 2.46. The van der Waals surface area contributed by atoms with Gasteiger partial charge in [-0.3, -0.25) is 19.9 Å². The monoisotopic (exact) mass is 514 g/mol. The lowest BCUT2D eigenvalue weighted by Crippen LogP contribution is -2.37. The van der Waals surface area contributed by atoms with Crippen LogP contribution in [0.2, 0.25) is 0 Å². The topological polar surface area (TPSA) is 107 Å². The fourth-order valence-corrected chi connectivity index (χ4v) is 5.55. The minimum atomic E-state index is -1.31. The zero-order valence-corrected chi connectivity index (χ0v) is 21.9. The molecule has 0 spiro atoms. The van der Waals surface area contributed by atoms with E-state index in [9.17, 15) is 0 Å². The summed E-state index contributed by atoms with van der Waals surface area (Å²) >= 11 is 0. The van der Waals surface area contributed by atoms with Crippen molar-refractivity contribution in [3.8, 4) is 11.1 Å². The van der Waals surface area contributed by atoms with E-state index < -0.39 is 11.6 Å². The van der Waals surface area contributed by atoms with Crippen molar-refractivity contribution in [2.24, 2.45) is 0 Å². The second-order valence-electron chi connectivity index (χ2n) is 8.76. The number of ether oxygens (including phenoxy) is 6. The van der Waals surface area contributed by atoms with Gasteiger partial charge in [0.1, 0.15) is 11.4 Å². The van der Waals surface area contributed by atoms with Crippen LogP contribution in [0.15, 0.2) is 48.4 Å². The first-order valence-corrected chi connectivity index (χ1v) is 11.8. The van der Waals surface area contributed by atoms with Gasteiger partial charge in [0.2, 0.25) is 0 Å². The zero-order valence-electron chi connectivity index (χ0n) is 21.9. The van der Waals surface area contributed by atoms with Gasteiger partial charge in [0.05, 0.1) is 25.3 Å². The number of pyridine rings is 4. The van der Waals surface area contributed by atoms with Crippen LogP contribution in [0.25, 0.3) is 45.1 Å². The van der Waals surface area contributed by atoms with E-state index in [1.807, 2.05) is 24.3 Å². The van der Waals surface area contributed by atoms with E-state index in [1.54, 1.807) is 67.4 Å².